The molecule has 2 rings (SSSR count). The second kappa shape index (κ2) is 5.23. The summed E-state index contributed by atoms with van der Waals surface area (Å²) >= 11 is 0. The summed E-state index contributed by atoms with van der Waals surface area (Å²) in [5, 5.41) is 18.0. The largest absolute Gasteiger partial charge is 0.396 e. The Morgan fingerprint density at radius 1 is 1.31 bits per heavy atom. The number of piperidine rings is 1. The zero-order chi connectivity index (χ0) is 11.4. The SMILES string of the molecule is OCc1cnc(N2CCCC(CO)C2)cn1. The van der Waals surface area contributed by atoms with Crippen molar-refractivity contribution in [1.29, 1.82) is 0 Å². The van der Waals surface area contributed by atoms with Gasteiger partial charge in [-0.2, -0.15) is 0 Å². The number of hydrogen-bond donors (Lipinski definition) is 2. The molecule has 1 atom stereocenters. The Labute approximate surface area is 94.8 Å². The number of aromatic nitrogens is 2. The van der Waals surface area contributed by atoms with Crippen LogP contribution in [0.15, 0.2) is 12.4 Å². The minimum atomic E-state index is -0.0768. The molecule has 2 heterocycles. The minimum Gasteiger partial charge on any atom is -0.396 e. The van der Waals surface area contributed by atoms with Crippen LogP contribution < -0.4 is 4.90 Å². The van der Waals surface area contributed by atoms with Gasteiger partial charge >= 0.3 is 0 Å². The highest BCUT2D eigenvalue weighted by Crippen LogP contribution is 2.20. The summed E-state index contributed by atoms with van der Waals surface area (Å²) in [6, 6.07) is 0. The van der Waals surface area contributed by atoms with E-state index >= 15 is 0 Å². The molecule has 1 saturated heterocycles. The molecule has 1 unspecified atom stereocenters. The average Bonchev–Trinajstić information content (AvgIpc) is 2.39. The van der Waals surface area contributed by atoms with Crippen LogP contribution >= 0.6 is 0 Å². The summed E-state index contributed by atoms with van der Waals surface area (Å²) in [6.45, 7) is 1.96. The van der Waals surface area contributed by atoms with E-state index in [2.05, 4.69) is 14.9 Å². The third-order valence-corrected chi connectivity index (χ3v) is 2.95. The standard InChI is InChI=1S/C11H17N3O2/c15-7-9-2-1-3-14(6-9)11-5-12-10(8-16)4-13-11/h4-5,9,15-16H,1-3,6-8H2. The first-order chi connectivity index (χ1) is 7.83. The first-order valence-corrected chi connectivity index (χ1v) is 5.61. The van der Waals surface area contributed by atoms with Crippen molar-refractivity contribution in [1.82, 2.24) is 9.97 Å². The summed E-state index contributed by atoms with van der Waals surface area (Å²) in [7, 11) is 0. The van der Waals surface area contributed by atoms with Gasteiger partial charge in [-0.1, -0.05) is 0 Å². The summed E-state index contributed by atoms with van der Waals surface area (Å²) in [6.07, 6.45) is 5.44. The topological polar surface area (TPSA) is 69.5 Å². The van der Waals surface area contributed by atoms with Gasteiger partial charge in [-0.25, -0.2) is 4.98 Å². The van der Waals surface area contributed by atoms with E-state index in [1.807, 2.05) is 0 Å². The molecular weight excluding hydrogens is 206 g/mol. The fourth-order valence-corrected chi connectivity index (χ4v) is 2.02. The summed E-state index contributed by atoms with van der Waals surface area (Å²) in [5.74, 6) is 1.17. The predicted molar refractivity (Wildman–Crippen MR) is 60.0 cm³/mol. The molecule has 1 aromatic heterocycles. The molecular formula is C11H17N3O2. The van der Waals surface area contributed by atoms with Crippen molar-refractivity contribution in [3.05, 3.63) is 18.1 Å². The third-order valence-electron chi connectivity index (χ3n) is 2.95. The van der Waals surface area contributed by atoms with E-state index in [4.69, 9.17) is 10.2 Å². The molecule has 0 aliphatic carbocycles. The van der Waals surface area contributed by atoms with Crippen molar-refractivity contribution in [2.75, 3.05) is 24.6 Å². The molecule has 0 saturated carbocycles. The van der Waals surface area contributed by atoms with E-state index < -0.39 is 0 Å². The van der Waals surface area contributed by atoms with Gasteiger partial charge in [-0.05, 0) is 18.8 Å². The number of rotatable bonds is 3. The second-order valence-corrected chi connectivity index (χ2v) is 4.16. The van der Waals surface area contributed by atoms with Gasteiger partial charge < -0.3 is 15.1 Å². The molecule has 1 aliphatic rings. The second-order valence-electron chi connectivity index (χ2n) is 4.16. The van der Waals surface area contributed by atoms with Crippen LogP contribution in [0.2, 0.25) is 0 Å². The van der Waals surface area contributed by atoms with E-state index in [-0.39, 0.29) is 13.2 Å². The quantitative estimate of drug-likeness (QED) is 0.765. The highest BCUT2D eigenvalue weighted by molar-refractivity contribution is 5.36. The van der Waals surface area contributed by atoms with Crippen LogP contribution in [-0.4, -0.2) is 39.9 Å². The van der Waals surface area contributed by atoms with Crippen molar-refractivity contribution in [2.45, 2.75) is 19.4 Å². The zero-order valence-electron chi connectivity index (χ0n) is 9.21. The Morgan fingerprint density at radius 2 is 2.19 bits per heavy atom. The fraction of sp³-hybridized carbons (Fsp3) is 0.636. The fourth-order valence-electron chi connectivity index (χ4n) is 2.02. The predicted octanol–water partition coefficient (Wildman–Crippen LogP) is 0.178. The van der Waals surface area contributed by atoms with Crippen LogP contribution in [0.3, 0.4) is 0 Å². The highest BCUT2D eigenvalue weighted by atomic mass is 16.3. The van der Waals surface area contributed by atoms with Gasteiger partial charge in [0.2, 0.25) is 0 Å². The van der Waals surface area contributed by atoms with Gasteiger partial charge in [0, 0.05) is 19.7 Å². The minimum absolute atomic E-state index is 0.0768. The Balaban J connectivity index is 2.05. The lowest BCUT2D eigenvalue weighted by molar-refractivity contribution is 0.208. The highest BCUT2D eigenvalue weighted by Gasteiger charge is 2.20. The van der Waals surface area contributed by atoms with Gasteiger partial charge in [0.1, 0.15) is 5.82 Å². The smallest absolute Gasteiger partial charge is 0.147 e. The van der Waals surface area contributed by atoms with Crippen LogP contribution in [0.25, 0.3) is 0 Å². The number of aliphatic hydroxyl groups excluding tert-OH is 2. The van der Waals surface area contributed by atoms with Crippen molar-refractivity contribution in [3.8, 4) is 0 Å². The molecule has 0 aromatic carbocycles. The van der Waals surface area contributed by atoms with Gasteiger partial charge in [-0.15, -0.1) is 0 Å². The molecule has 1 aromatic rings. The van der Waals surface area contributed by atoms with E-state index in [0.29, 0.717) is 11.6 Å². The number of anilines is 1. The molecule has 5 heteroatoms. The molecule has 5 nitrogen and oxygen atoms in total. The Kier molecular flexibility index (Phi) is 3.69. The molecule has 1 aliphatic heterocycles. The van der Waals surface area contributed by atoms with Gasteiger partial charge in [-0.3, -0.25) is 4.98 Å². The Hall–Kier alpha value is -1.20. The Bertz CT molecular complexity index is 329. The van der Waals surface area contributed by atoms with E-state index in [1.165, 1.54) is 0 Å². The maximum absolute atomic E-state index is 9.14. The maximum atomic E-state index is 9.14. The van der Waals surface area contributed by atoms with Crippen LogP contribution in [-0.2, 0) is 6.61 Å². The Morgan fingerprint density at radius 3 is 2.81 bits per heavy atom. The first-order valence-electron chi connectivity index (χ1n) is 5.61. The van der Waals surface area contributed by atoms with E-state index in [0.717, 1.165) is 31.7 Å². The maximum Gasteiger partial charge on any atom is 0.147 e. The first kappa shape index (κ1) is 11.3. The summed E-state index contributed by atoms with van der Waals surface area (Å²) in [5.41, 5.74) is 0.583. The molecule has 88 valence electrons. The lowest BCUT2D eigenvalue weighted by Gasteiger charge is -2.32. The third kappa shape index (κ3) is 2.48. The lowest BCUT2D eigenvalue weighted by Crippen LogP contribution is -2.37. The molecule has 0 amide bonds. The van der Waals surface area contributed by atoms with Gasteiger partial charge in [0.25, 0.3) is 0 Å². The van der Waals surface area contributed by atoms with Crippen LogP contribution in [0.5, 0.6) is 0 Å². The van der Waals surface area contributed by atoms with Crippen LogP contribution in [0, 0.1) is 5.92 Å². The molecule has 16 heavy (non-hydrogen) atoms. The molecule has 0 radical (unpaired) electrons. The van der Waals surface area contributed by atoms with Crippen LogP contribution in [0.4, 0.5) is 5.82 Å². The normalized spacial score (nSPS) is 21.1. The molecule has 1 fully saturated rings. The van der Waals surface area contributed by atoms with Crippen molar-refractivity contribution in [3.63, 3.8) is 0 Å². The molecule has 2 N–H and O–H groups in total. The van der Waals surface area contributed by atoms with E-state index in [9.17, 15) is 0 Å². The summed E-state index contributed by atoms with van der Waals surface area (Å²) in [4.78, 5) is 10.5. The average molecular weight is 223 g/mol. The monoisotopic (exact) mass is 223 g/mol. The zero-order valence-corrected chi connectivity index (χ0v) is 9.21. The van der Waals surface area contributed by atoms with Crippen molar-refractivity contribution in [2.24, 2.45) is 5.92 Å². The number of hydrogen-bond acceptors (Lipinski definition) is 5. The van der Waals surface area contributed by atoms with Crippen molar-refractivity contribution < 1.29 is 10.2 Å². The number of nitrogens with zero attached hydrogens (tertiary/aromatic N) is 3. The molecule has 0 bridgehead atoms. The number of aliphatic hydroxyl groups is 2. The van der Waals surface area contributed by atoms with Gasteiger partial charge in [0.15, 0.2) is 0 Å². The lowest BCUT2D eigenvalue weighted by atomic mass is 9.99. The van der Waals surface area contributed by atoms with Gasteiger partial charge in [0.05, 0.1) is 24.7 Å². The molecule has 0 spiro atoms. The van der Waals surface area contributed by atoms with E-state index in [1.54, 1.807) is 12.4 Å². The summed E-state index contributed by atoms with van der Waals surface area (Å²) < 4.78 is 0. The van der Waals surface area contributed by atoms with Crippen molar-refractivity contribution >= 4 is 5.82 Å². The van der Waals surface area contributed by atoms with Crippen LogP contribution in [0.1, 0.15) is 18.5 Å².